The molecule has 0 aliphatic carbocycles. The van der Waals surface area contributed by atoms with Crippen molar-refractivity contribution in [3.8, 4) is 0 Å². The van der Waals surface area contributed by atoms with Crippen LogP contribution in [0.2, 0.25) is 15.1 Å². The molecule has 1 heterocycles. The maximum absolute atomic E-state index is 10.8. The Hall–Kier alpha value is -1.49. The number of benzene rings is 1. The van der Waals surface area contributed by atoms with Crippen molar-refractivity contribution in [1.82, 2.24) is 4.98 Å². The third-order valence-corrected chi connectivity index (χ3v) is 3.67. The Morgan fingerprint density at radius 3 is 2.57 bits per heavy atom. The van der Waals surface area contributed by atoms with Gasteiger partial charge in [-0.25, -0.2) is 9.78 Å². The highest BCUT2D eigenvalue weighted by Crippen LogP contribution is 2.23. The molecule has 4 nitrogen and oxygen atoms in total. The molecular formula is C14H11Cl3N2O2. The summed E-state index contributed by atoms with van der Waals surface area (Å²) >= 11 is 17.9. The van der Waals surface area contributed by atoms with E-state index in [-0.39, 0.29) is 10.6 Å². The lowest BCUT2D eigenvalue weighted by atomic mass is 10.1. The zero-order valence-electron chi connectivity index (χ0n) is 10.7. The number of hydrogen-bond donors (Lipinski definition) is 2. The molecule has 0 fully saturated rings. The van der Waals surface area contributed by atoms with Crippen molar-refractivity contribution in [1.29, 1.82) is 0 Å². The molecule has 0 bridgehead atoms. The van der Waals surface area contributed by atoms with Gasteiger partial charge in [-0.1, -0.05) is 40.9 Å². The molecule has 2 aromatic rings. The van der Waals surface area contributed by atoms with E-state index >= 15 is 0 Å². The molecule has 0 saturated carbocycles. The highest BCUT2D eigenvalue weighted by Gasteiger charge is 2.08. The highest BCUT2D eigenvalue weighted by atomic mass is 35.5. The molecule has 1 aromatic heterocycles. The average molecular weight is 346 g/mol. The molecule has 0 spiro atoms. The molecule has 0 amide bonds. The summed E-state index contributed by atoms with van der Waals surface area (Å²) in [5.74, 6) is -0.629. The third-order valence-electron chi connectivity index (χ3n) is 2.79. The Kier molecular flexibility index (Phi) is 5.28. The van der Waals surface area contributed by atoms with Gasteiger partial charge in [-0.3, -0.25) is 0 Å². The average Bonchev–Trinajstić information content (AvgIpc) is 2.42. The predicted molar refractivity (Wildman–Crippen MR) is 84.9 cm³/mol. The first-order valence-electron chi connectivity index (χ1n) is 6.04. The number of carboxylic acids is 1. The normalized spacial score (nSPS) is 10.4. The quantitative estimate of drug-likeness (QED) is 0.843. The number of carbonyl (C=O) groups is 1. The first-order chi connectivity index (χ1) is 9.97. The molecular weight excluding hydrogens is 335 g/mol. The summed E-state index contributed by atoms with van der Waals surface area (Å²) in [6.07, 6.45) is 1.92. The lowest BCUT2D eigenvalue weighted by molar-refractivity contribution is 0.0696. The van der Waals surface area contributed by atoms with Crippen molar-refractivity contribution in [3.05, 3.63) is 56.7 Å². The SMILES string of the molecule is O=C(O)c1cnc(NCCc2ccc(Cl)cc2Cl)c(Cl)c1. The highest BCUT2D eigenvalue weighted by molar-refractivity contribution is 6.35. The zero-order valence-corrected chi connectivity index (χ0v) is 13.0. The van der Waals surface area contributed by atoms with Gasteiger partial charge in [0.1, 0.15) is 5.82 Å². The second-order valence-electron chi connectivity index (χ2n) is 4.27. The number of hydrogen-bond acceptors (Lipinski definition) is 3. The summed E-state index contributed by atoms with van der Waals surface area (Å²) in [5.41, 5.74) is 0.998. The number of pyridine rings is 1. The Bertz CT molecular complexity index is 677. The number of anilines is 1. The lowest BCUT2D eigenvalue weighted by Gasteiger charge is -2.09. The number of aromatic carboxylic acids is 1. The number of nitrogens with one attached hydrogen (secondary N) is 1. The lowest BCUT2D eigenvalue weighted by Crippen LogP contribution is -2.08. The van der Waals surface area contributed by atoms with E-state index in [1.165, 1.54) is 12.3 Å². The second-order valence-corrected chi connectivity index (χ2v) is 5.52. The van der Waals surface area contributed by atoms with E-state index < -0.39 is 5.97 Å². The molecule has 1 aromatic carbocycles. The van der Waals surface area contributed by atoms with Crippen LogP contribution >= 0.6 is 34.8 Å². The van der Waals surface area contributed by atoms with Crippen LogP contribution in [0.25, 0.3) is 0 Å². The maximum atomic E-state index is 10.8. The van der Waals surface area contributed by atoms with E-state index in [4.69, 9.17) is 39.9 Å². The van der Waals surface area contributed by atoms with Gasteiger partial charge in [-0.15, -0.1) is 0 Å². The number of rotatable bonds is 5. The summed E-state index contributed by atoms with van der Waals surface area (Å²) in [4.78, 5) is 14.8. The van der Waals surface area contributed by atoms with Crippen molar-refractivity contribution in [2.75, 3.05) is 11.9 Å². The van der Waals surface area contributed by atoms with Crippen LogP contribution < -0.4 is 5.32 Å². The minimum absolute atomic E-state index is 0.0475. The van der Waals surface area contributed by atoms with E-state index in [0.29, 0.717) is 28.8 Å². The van der Waals surface area contributed by atoms with Crippen LogP contribution in [-0.2, 0) is 6.42 Å². The van der Waals surface area contributed by atoms with Gasteiger partial charge in [0.15, 0.2) is 0 Å². The molecule has 0 atom stereocenters. The van der Waals surface area contributed by atoms with Crippen molar-refractivity contribution in [2.45, 2.75) is 6.42 Å². The van der Waals surface area contributed by atoms with E-state index in [1.54, 1.807) is 12.1 Å². The van der Waals surface area contributed by atoms with E-state index in [1.807, 2.05) is 6.07 Å². The van der Waals surface area contributed by atoms with Crippen LogP contribution in [0.5, 0.6) is 0 Å². The Morgan fingerprint density at radius 1 is 1.19 bits per heavy atom. The minimum Gasteiger partial charge on any atom is -0.478 e. The van der Waals surface area contributed by atoms with Gasteiger partial charge in [-0.2, -0.15) is 0 Å². The number of aromatic nitrogens is 1. The first kappa shape index (κ1) is 15.9. The van der Waals surface area contributed by atoms with E-state index in [0.717, 1.165) is 5.56 Å². The summed E-state index contributed by atoms with van der Waals surface area (Å²) in [6, 6.07) is 6.67. The summed E-state index contributed by atoms with van der Waals surface area (Å²) in [5, 5.41) is 13.3. The third kappa shape index (κ3) is 4.24. The summed E-state index contributed by atoms with van der Waals surface area (Å²) in [7, 11) is 0. The first-order valence-corrected chi connectivity index (χ1v) is 7.17. The van der Waals surface area contributed by atoms with Crippen molar-refractivity contribution in [2.24, 2.45) is 0 Å². The monoisotopic (exact) mass is 344 g/mol. The number of carboxylic acid groups (broad SMARTS) is 1. The van der Waals surface area contributed by atoms with Gasteiger partial charge in [0, 0.05) is 22.8 Å². The topological polar surface area (TPSA) is 62.2 Å². The fraction of sp³-hybridized carbons (Fsp3) is 0.143. The van der Waals surface area contributed by atoms with Crippen LogP contribution in [0.4, 0.5) is 5.82 Å². The Balaban J connectivity index is 1.99. The Labute approximate surface area is 136 Å². The molecule has 0 saturated heterocycles. The molecule has 110 valence electrons. The molecule has 2 N–H and O–H groups in total. The molecule has 2 rings (SSSR count). The van der Waals surface area contributed by atoms with Crippen LogP contribution in [-0.4, -0.2) is 22.6 Å². The van der Waals surface area contributed by atoms with Crippen LogP contribution in [0.15, 0.2) is 30.5 Å². The van der Waals surface area contributed by atoms with Gasteiger partial charge in [-0.05, 0) is 30.2 Å². The molecule has 7 heteroatoms. The van der Waals surface area contributed by atoms with Crippen LogP contribution in [0, 0.1) is 0 Å². The second kappa shape index (κ2) is 6.98. The van der Waals surface area contributed by atoms with Crippen LogP contribution in [0.1, 0.15) is 15.9 Å². The van der Waals surface area contributed by atoms with Crippen molar-refractivity contribution < 1.29 is 9.90 Å². The maximum Gasteiger partial charge on any atom is 0.337 e. The fourth-order valence-corrected chi connectivity index (χ4v) is 2.46. The largest absolute Gasteiger partial charge is 0.478 e. The standard InChI is InChI=1S/C14H11Cl3N2O2/c15-10-2-1-8(11(16)6-10)3-4-18-13-12(17)5-9(7-19-13)14(20)21/h1-2,5-7H,3-4H2,(H,18,19)(H,20,21). The van der Waals surface area contributed by atoms with E-state index in [2.05, 4.69) is 10.3 Å². The van der Waals surface area contributed by atoms with Gasteiger partial charge in [0.05, 0.1) is 10.6 Å². The van der Waals surface area contributed by atoms with Crippen molar-refractivity contribution in [3.63, 3.8) is 0 Å². The summed E-state index contributed by atoms with van der Waals surface area (Å²) in [6.45, 7) is 0.556. The molecule has 0 aliphatic rings. The van der Waals surface area contributed by atoms with E-state index in [9.17, 15) is 4.79 Å². The van der Waals surface area contributed by atoms with Crippen LogP contribution in [0.3, 0.4) is 0 Å². The molecule has 21 heavy (non-hydrogen) atoms. The zero-order chi connectivity index (χ0) is 15.4. The fourth-order valence-electron chi connectivity index (χ4n) is 1.72. The smallest absolute Gasteiger partial charge is 0.337 e. The van der Waals surface area contributed by atoms with Crippen molar-refractivity contribution >= 4 is 46.6 Å². The molecule has 0 unspecified atom stereocenters. The van der Waals surface area contributed by atoms with Gasteiger partial charge >= 0.3 is 5.97 Å². The Morgan fingerprint density at radius 2 is 1.95 bits per heavy atom. The summed E-state index contributed by atoms with van der Waals surface area (Å²) < 4.78 is 0. The molecule has 0 radical (unpaired) electrons. The predicted octanol–water partition coefficient (Wildman–Crippen LogP) is 4.39. The number of nitrogens with zero attached hydrogens (tertiary/aromatic N) is 1. The van der Waals surface area contributed by atoms with Gasteiger partial charge in [0.25, 0.3) is 0 Å². The number of halogens is 3. The van der Waals surface area contributed by atoms with Gasteiger partial charge in [0.2, 0.25) is 0 Å². The van der Waals surface area contributed by atoms with Gasteiger partial charge < -0.3 is 10.4 Å². The molecule has 0 aliphatic heterocycles. The minimum atomic E-state index is -1.07.